The molecule has 0 radical (unpaired) electrons. The molecule has 1 fully saturated rings. The number of hydrogen-bond donors (Lipinski definition) is 0. The van der Waals surface area contributed by atoms with Crippen LogP contribution in [0.1, 0.15) is 45.5 Å². The molecule has 0 atom stereocenters. The smallest absolute Gasteiger partial charge is 0.187 e. The molecule has 0 heterocycles. The molecule has 1 aliphatic carbocycles. The Labute approximate surface area is 183 Å². The van der Waals surface area contributed by atoms with Crippen molar-refractivity contribution in [2.24, 2.45) is 0 Å². The molecule has 4 heteroatoms. The molecule has 0 aromatic heterocycles. The third-order valence-electron chi connectivity index (χ3n) is 5.60. The van der Waals surface area contributed by atoms with E-state index in [1.165, 1.54) is 18.4 Å². The molecule has 0 unspecified atom stereocenters. The number of carbonyl (C=O) groups excluding carboxylic acids is 1. The Balaban J connectivity index is 1.44. The number of nitriles is 1. The van der Waals surface area contributed by atoms with Gasteiger partial charge in [-0.3, -0.25) is 9.69 Å². The fourth-order valence-corrected chi connectivity index (χ4v) is 3.73. The predicted molar refractivity (Wildman–Crippen MR) is 121 cm³/mol. The highest BCUT2D eigenvalue weighted by atomic mass is 16.1. The van der Waals surface area contributed by atoms with Crippen molar-refractivity contribution >= 4 is 11.5 Å². The molecule has 4 rings (SSSR count). The van der Waals surface area contributed by atoms with Crippen LogP contribution in [0, 0.1) is 17.9 Å². The Morgan fingerprint density at radius 1 is 0.968 bits per heavy atom. The van der Waals surface area contributed by atoms with Crippen LogP contribution in [0.2, 0.25) is 0 Å². The number of rotatable bonds is 8. The summed E-state index contributed by atoms with van der Waals surface area (Å²) in [4.78, 5) is 18.6. The lowest BCUT2D eigenvalue weighted by molar-refractivity contribution is 0.0992. The first-order valence-corrected chi connectivity index (χ1v) is 10.5. The van der Waals surface area contributed by atoms with E-state index in [0.29, 0.717) is 23.7 Å². The van der Waals surface area contributed by atoms with Crippen molar-refractivity contribution in [3.8, 4) is 6.07 Å². The van der Waals surface area contributed by atoms with E-state index < -0.39 is 0 Å². The minimum Gasteiger partial charge on any atom is -0.294 e. The third-order valence-corrected chi connectivity index (χ3v) is 5.60. The normalized spacial score (nSPS) is 12.9. The summed E-state index contributed by atoms with van der Waals surface area (Å²) in [6.07, 6.45) is 2.74. The highest BCUT2D eigenvalue weighted by molar-refractivity contribution is 5.97. The highest BCUT2D eigenvalue weighted by Crippen LogP contribution is 2.30. The second kappa shape index (κ2) is 9.39. The highest BCUT2D eigenvalue weighted by Gasteiger charge is 2.29. The maximum absolute atomic E-state index is 12.8. The largest absolute Gasteiger partial charge is 0.294 e. The quantitative estimate of drug-likeness (QED) is 0.357. The topological polar surface area (TPSA) is 48.5 Å². The predicted octanol–water partition coefficient (Wildman–Crippen LogP) is 5.70. The number of benzene rings is 3. The Kier molecular flexibility index (Phi) is 6.22. The summed E-state index contributed by atoms with van der Waals surface area (Å²) in [5.74, 6) is 0.0856. The zero-order valence-electron chi connectivity index (χ0n) is 17.3. The van der Waals surface area contributed by atoms with Crippen LogP contribution in [0.3, 0.4) is 0 Å². The molecule has 0 spiro atoms. The van der Waals surface area contributed by atoms with Crippen LogP contribution in [0.4, 0.5) is 5.69 Å². The van der Waals surface area contributed by atoms with Crippen molar-refractivity contribution in [3.05, 3.63) is 112 Å². The molecular weight excluding hydrogens is 382 g/mol. The number of nitrogens with zero attached hydrogens (tertiary/aromatic N) is 3. The van der Waals surface area contributed by atoms with Gasteiger partial charge >= 0.3 is 0 Å². The van der Waals surface area contributed by atoms with Gasteiger partial charge in [0.25, 0.3) is 0 Å². The van der Waals surface area contributed by atoms with E-state index in [-0.39, 0.29) is 5.78 Å². The van der Waals surface area contributed by atoms with Crippen LogP contribution in [0.25, 0.3) is 4.85 Å². The van der Waals surface area contributed by atoms with Gasteiger partial charge in [-0.05, 0) is 47.7 Å². The second-order valence-corrected chi connectivity index (χ2v) is 8.02. The molecule has 0 bridgehead atoms. The first-order valence-electron chi connectivity index (χ1n) is 10.5. The van der Waals surface area contributed by atoms with Gasteiger partial charge < -0.3 is 0 Å². The van der Waals surface area contributed by atoms with Crippen LogP contribution in [-0.2, 0) is 19.5 Å². The van der Waals surface area contributed by atoms with Crippen molar-refractivity contribution in [2.75, 3.05) is 0 Å². The van der Waals surface area contributed by atoms with Gasteiger partial charge in [-0.15, -0.1) is 0 Å². The maximum Gasteiger partial charge on any atom is 0.187 e. The van der Waals surface area contributed by atoms with Crippen LogP contribution in [0.5, 0.6) is 0 Å². The minimum absolute atomic E-state index is 0.0856. The molecule has 0 N–H and O–H groups in total. The molecule has 1 aliphatic rings. The van der Waals surface area contributed by atoms with Crippen molar-refractivity contribution < 1.29 is 4.79 Å². The average Bonchev–Trinajstić information content (AvgIpc) is 3.65. The van der Waals surface area contributed by atoms with Crippen LogP contribution in [0.15, 0.2) is 72.8 Å². The van der Waals surface area contributed by atoms with Gasteiger partial charge in [0.2, 0.25) is 0 Å². The van der Waals surface area contributed by atoms with E-state index in [1.807, 2.05) is 54.6 Å². The van der Waals surface area contributed by atoms with Gasteiger partial charge in [-0.1, -0.05) is 54.6 Å². The van der Waals surface area contributed by atoms with Crippen molar-refractivity contribution in [1.29, 1.82) is 5.26 Å². The van der Waals surface area contributed by atoms with E-state index in [0.717, 1.165) is 29.8 Å². The SMILES string of the molecule is [C-]#[N+]c1ccc(CC(=O)c2cccc(CN(Cc3ccc(C#N)cc3)C3CC3)c2)cc1. The summed E-state index contributed by atoms with van der Waals surface area (Å²) < 4.78 is 0. The summed E-state index contributed by atoms with van der Waals surface area (Å²) in [5.41, 5.74) is 5.23. The van der Waals surface area contributed by atoms with Crippen molar-refractivity contribution in [2.45, 2.75) is 38.4 Å². The van der Waals surface area contributed by atoms with Gasteiger partial charge in [0, 0.05) is 31.1 Å². The lowest BCUT2D eigenvalue weighted by Crippen LogP contribution is -2.25. The lowest BCUT2D eigenvalue weighted by atomic mass is 10.0. The van der Waals surface area contributed by atoms with Gasteiger partial charge in [0.15, 0.2) is 11.5 Å². The first-order chi connectivity index (χ1) is 15.1. The summed E-state index contributed by atoms with van der Waals surface area (Å²) in [5, 5.41) is 8.99. The minimum atomic E-state index is 0.0856. The molecule has 152 valence electrons. The molecule has 0 amide bonds. The van der Waals surface area contributed by atoms with Crippen LogP contribution < -0.4 is 0 Å². The number of ketones is 1. The Morgan fingerprint density at radius 2 is 1.65 bits per heavy atom. The van der Waals surface area contributed by atoms with Crippen LogP contribution in [-0.4, -0.2) is 16.7 Å². The number of Topliss-reactive ketones (excluding diaryl/α,β-unsaturated/α-hetero) is 1. The molecule has 3 aromatic rings. The number of carbonyl (C=O) groups is 1. The van der Waals surface area contributed by atoms with E-state index in [4.69, 9.17) is 11.8 Å². The zero-order valence-corrected chi connectivity index (χ0v) is 17.3. The van der Waals surface area contributed by atoms with E-state index >= 15 is 0 Å². The standard InChI is InChI=1S/C27H23N3O/c1-29-25-11-9-20(10-12-25)16-27(31)24-4-2-3-23(15-24)19-30(26-13-14-26)18-22-7-5-21(17-28)6-8-22/h2-12,15,26H,13-14,16,18-19H2. The molecule has 0 aliphatic heterocycles. The van der Waals surface area contributed by atoms with Crippen molar-refractivity contribution in [1.82, 2.24) is 4.90 Å². The zero-order chi connectivity index (χ0) is 21.6. The molecule has 1 saturated carbocycles. The molecule has 3 aromatic carbocycles. The molecule has 0 saturated heterocycles. The fraction of sp³-hybridized carbons (Fsp3) is 0.222. The average molecular weight is 406 g/mol. The van der Waals surface area contributed by atoms with E-state index in [1.54, 1.807) is 12.1 Å². The van der Waals surface area contributed by atoms with Crippen molar-refractivity contribution in [3.63, 3.8) is 0 Å². The number of hydrogen-bond acceptors (Lipinski definition) is 3. The van der Waals surface area contributed by atoms with Crippen LogP contribution >= 0.6 is 0 Å². The van der Waals surface area contributed by atoms with E-state index in [2.05, 4.69) is 21.9 Å². The van der Waals surface area contributed by atoms with Gasteiger partial charge in [-0.2, -0.15) is 5.26 Å². The van der Waals surface area contributed by atoms with Gasteiger partial charge in [0.1, 0.15) is 0 Å². The Hall–Kier alpha value is -3.73. The summed E-state index contributed by atoms with van der Waals surface area (Å²) in [6, 6.07) is 25.6. The molecular formula is C27H23N3O. The molecule has 31 heavy (non-hydrogen) atoms. The van der Waals surface area contributed by atoms with Gasteiger partial charge in [0.05, 0.1) is 18.2 Å². The third kappa shape index (κ3) is 5.45. The molecule has 4 nitrogen and oxygen atoms in total. The fourth-order valence-electron chi connectivity index (χ4n) is 3.73. The van der Waals surface area contributed by atoms with Gasteiger partial charge in [-0.25, -0.2) is 4.85 Å². The van der Waals surface area contributed by atoms with E-state index in [9.17, 15) is 4.79 Å². The Morgan fingerprint density at radius 3 is 2.29 bits per heavy atom. The first kappa shape index (κ1) is 20.5. The monoisotopic (exact) mass is 405 g/mol. The second-order valence-electron chi connectivity index (χ2n) is 8.02. The summed E-state index contributed by atoms with van der Waals surface area (Å²) in [7, 11) is 0. The lowest BCUT2D eigenvalue weighted by Gasteiger charge is -2.22. The summed E-state index contributed by atoms with van der Waals surface area (Å²) >= 11 is 0. The maximum atomic E-state index is 12.8. The Bertz CT molecular complexity index is 1150. The summed E-state index contributed by atoms with van der Waals surface area (Å²) in [6.45, 7) is 8.67.